The van der Waals surface area contributed by atoms with Gasteiger partial charge in [0, 0.05) is 32.2 Å². The number of aliphatic hydroxyl groups is 1. The van der Waals surface area contributed by atoms with Crippen molar-refractivity contribution in [3.8, 4) is 0 Å². The average molecular weight is 474 g/mol. The minimum atomic E-state index is -3.77. The van der Waals surface area contributed by atoms with Crippen molar-refractivity contribution in [2.45, 2.75) is 43.6 Å². The number of rotatable bonds is 6. The lowest BCUT2D eigenvalue weighted by molar-refractivity contribution is -0.384. The molecule has 2 aliphatic heterocycles. The highest BCUT2D eigenvalue weighted by molar-refractivity contribution is 7.89. The molecule has 2 saturated heterocycles. The van der Waals surface area contributed by atoms with Crippen molar-refractivity contribution < 1.29 is 18.4 Å². The van der Waals surface area contributed by atoms with E-state index in [-0.39, 0.29) is 22.4 Å². The Bertz CT molecular complexity index is 1080. The zero-order valence-corrected chi connectivity index (χ0v) is 19.7. The van der Waals surface area contributed by atoms with Gasteiger partial charge in [-0.2, -0.15) is 4.31 Å². The lowest BCUT2D eigenvalue weighted by Crippen LogP contribution is -2.39. The van der Waals surface area contributed by atoms with Crippen molar-refractivity contribution in [2.75, 3.05) is 31.1 Å². The van der Waals surface area contributed by atoms with Crippen molar-refractivity contribution in [3.05, 3.63) is 64.2 Å². The van der Waals surface area contributed by atoms with E-state index in [0.29, 0.717) is 44.7 Å². The lowest BCUT2D eigenvalue weighted by atomic mass is 9.87. The summed E-state index contributed by atoms with van der Waals surface area (Å²) in [6.07, 6.45) is 2.60. The van der Waals surface area contributed by atoms with Gasteiger partial charge in [0.25, 0.3) is 5.69 Å². The highest BCUT2D eigenvalue weighted by Crippen LogP contribution is 2.37. The number of anilines is 1. The highest BCUT2D eigenvalue weighted by atomic mass is 32.2. The Labute approximate surface area is 195 Å². The van der Waals surface area contributed by atoms with Gasteiger partial charge in [-0.1, -0.05) is 37.3 Å². The molecule has 178 valence electrons. The number of piperidine rings is 2. The summed E-state index contributed by atoms with van der Waals surface area (Å²) in [4.78, 5) is 13.3. The Morgan fingerprint density at radius 3 is 2.39 bits per heavy atom. The Morgan fingerprint density at radius 1 is 1.06 bits per heavy atom. The molecule has 2 aromatic rings. The summed E-state index contributed by atoms with van der Waals surface area (Å²) in [5.41, 5.74) is 1.12. The Balaban J connectivity index is 1.51. The first kappa shape index (κ1) is 23.7. The second-order valence-electron chi connectivity index (χ2n) is 9.20. The van der Waals surface area contributed by atoms with Gasteiger partial charge in [-0.25, -0.2) is 8.42 Å². The fourth-order valence-corrected chi connectivity index (χ4v) is 6.59. The predicted octanol–water partition coefficient (Wildman–Crippen LogP) is 3.97. The molecule has 0 saturated carbocycles. The van der Waals surface area contributed by atoms with Crippen LogP contribution in [0.1, 0.15) is 44.3 Å². The molecule has 33 heavy (non-hydrogen) atoms. The van der Waals surface area contributed by atoms with E-state index in [1.54, 1.807) is 6.07 Å². The maximum absolute atomic E-state index is 13.1. The Kier molecular flexibility index (Phi) is 7.02. The van der Waals surface area contributed by atoms with Crippen molar-refractivity contribution >= 4 is 21.4 Å². The third kappa shape index (κ3) is 5.05. The summed E-state index contributed by atoms with van der Waals surface area (Å²) in [5.74, 6) is 0.346. The van der Waals surface area contributed by atoms with Gasteiger partial charge >= 0.3 is 0 Å². The second kappa shape index (κ2) is 9.79. The van der Waals surface area contributed by atoms with Crippen LogP contribution in [0.2, 0.25) is 0 Å². The van der Waals surface area contributed by atoms with Gasteiger partial charge in [-0.3, -0.25) is 10.1 Å². The van der Waals surface area contributed by atoms with E-state index in [4.69, 9.17) is 0 Å². The first-order chi connectivity index (χ1) is 15.8. The first-order valence-corrected chi connectivity index (χ1v) is 13.0. The summed E-state index contributed by atoms with van der Waals surface area (Å²) in [6.45, 7) is 4.02. The number of benzene rings is 2. The number of aliphatic hydroxyl groups excluding tert-OH is 1. The molecule has 9 heteroatoms. The Hall–Kier alpha value is -2.49. The first-order valence-electron chi connectivity index (χ1n) is 11.5. The summed E-state index contributed by atoms with van der Waals surface area (Å²) in [6, 6.07) is 13.8. The molecule has 2 unspecified atom stereocenters. The number of nitrogens with zero attached hydrogens (tertiary/aromatic N) is 3. The third-order valence-corrected chi connectivity index (χ3v) is 8.73. The number of sulfonamides is 1. The van der Waals surface area contributed by atoms with Crippen LogP contribution < -0.4 is 4.90 Å². The zero-order chi connectivity index (χ0) is 23.6. The number of hydrogen-bond acceptors (Lipinski definition) is 6. The molecule has 2 aliphatic rings. The minimum absolute atomic E-state index is 0.0264. The molecule has 2 heterocycles. The fourth-order valence-electron chi connectivity index (χ4n) is 4.97. The van der Waals surface area contributed by atoms with Gasteiger partial charge in [0.05, 0.1) is 15.9 Å². The van der Waals surface area contributed by atoms with E-state index < -0.39 is 21.1 Å². The maximum Gasteiger partial charge on any atom is 0.293 e. The summed E-state index contributed by atoms with van der Waals surface area (Å²) in [5, 5.41) is 22.6. The van der Waals surface area contributed by atoms with Crippen molar-refractivity contribution in [2.24, 2.45) is 11.8 Å². The van der Waals surface area contributed by atoms with Crippen LogP contribution in [0, 0.1) is 22.0 Å². The number of nitro benzene ring substituents is 1. The SMILES string of the molecule is CC1CCCN(S(=O)(=O)c2ccc(N3CCC(C(O)c4ccccc4)CC3)c([N+](=O)[O-])c2)C1. The molecule has 0 spiro atoms. The van der Waals surface area contributed by atoms with Crippen LogP contribution in [-0.4, -0.2) is 48.9 Å². The van der Waals surface area contributed by atoms with E-state index in [2.05, 4.69) is 0 Å². The fraction of sp³-hybridized carbons (Fsp3) is 0.500. The van der Waals surface area contributed by atoms with Gasteiger partial charge < -0.3 is 10.0 Å². The molecule has 0 radical (unpaired) electrons. The zero-order valence-electron chi connectivity index (χ0n) is 18.8. The monoisotopic (exact) mass is 473 g/mol. The molecular weight excluding hydrogens is 442 g/mol. The molecule has 0 aromatic heterocycles. The quantitative estimate of drug-likeness (QED) is 0.503. The van der Waals surface area contributed by atoms with Gasteiger partial charge in [0.15, 0.2) is 0 Å². The summed E-state index contributed by atoms with van der Waals surface area (Å²) in [7, 11) is -3.77. The van der Waals surface area contributed by atoms with E-state index in [0.717, 1.165) is 18.4 Å². The van der Waals surface area contributed by atoms with E-state index in [1.165, 1.54) is 16.4 Å². The van der Waals surface area contributed by atoms with Crippen LogP contribution in [0.15, 0.2) is 53.4 Å². The number of hydrogen-bond donors (Lipinski definition) is 1. The van der Waals surface area contributed by atoms with E-state index >= 15 is 0 Å². The van der Waals surface area contributed by atoms with Crippen LogP contribution in [0.25, 0.3) is 0 Å². The van der Waals surface area contributed by atoms with Crippen LogP contribution in [0.5, 0.6) is 0 Å². The van der Waals surface area contributed by atoms with E-state index in [1.807, 2.05) is 42.2 Å². The van der Waals surface area contributed by atoms with Gasteiger partial charge in [0.2, 0.25) is 10.0 Å². The molecule has 0 aliphatic carbocycles. The molecule has 2 aromatic carbocycles. The average Bonchev–Trinajstić information content (AvgIpc) is 2.84. The molecule has 0 bridgehead atoms. The Morgan fingerprint density at radius 2 is 1.76 bits per heavy atom. The van der Waals surface area contributed by atoms with Crippen LogP contribution in [-0.2, 0) is 10.0 Å². The smallest absolute Gasteiger partial charge is 0.293 e. The molecule has 4 rings (SSSR count). The summed E-state index contributed by atoms with van der Waals surface area (Å²) >= 11 is 0. The molecule has 0 amide bonds. The van der Waals surface area contributed by atoms with E-state index in [9.17, 15) is 23.6 Å². The minimum Gasteiger partial charge on any atom is -0.388 e. The maximum atomic E-state index is 13.1. The van der Waals surface area contributed by atoms with Gasteiger partial charge in [-0.15, -0.1) is 0 Å². The second-order valence-corrected chi connectivity index (χ2v) is 11.1. The van der Waals surface area contributed by atoms with Crippen molar-refractivity contribution in [3.63, 3.8) is 0 Å². The van der Waals surface area contributed by atoms with Crippen LogP contribution in [0.4, 0.5) is 11.4 Å². The van der Waals surface area contributed by atoms with Gasteiger partial charge in [-0.05, 0) is 55.2 Å². The molecule has 1 N–H and O–H groups in total. The molecular formula is C24H31N3O5S. The third-order valence-electron chi connectivity index (χ3n) is 6.87. The largest absolute Gasteiger partial charge is 0.388 e. The van der Waals surface area contributed by atoms with Gasteiger partial charge in [0.1, 0.15) is 5.69 Å². The highest BCUT2D eigenvalue weighted by Gasteiger charge is 2.33. The van der Waals surface area contributed by atoms with Crippen LogP contribution >= 0.6 is 0 Å². The normalized spacial score (nSPS) is 21.6. The van der Waals surface area contributed by atoms with Crippen molar-refractivity contribution in [1.82, 2.24) is 4.31 Å². The molecule has 8 nitrogen and oxygen atoms in total. The predicted molar refractivity (Wildman–Crippen MR) is 127 cm³/mol. The number of nitro groups is 1. The summed E-state index contributed by atoms with van der Waals surface area (Å²) < 4.78 is 27.7. The molecule has 2 atom stereocenters. The van der Waals surface area contributed by atoms with Crippen molar-refractivity contribution in [1.29, 1.82) is 0 Å². The molecule has 2 fully saturated rings. The van der Waals surface area contributed by atoms with Crippen LogP contribution in [0.3, 0.4) is 0 Å². The topological polar surface area (TPSA) is 104 Å². The lowest BCUT2D eigenvalue weighted by Gasteiger charge is -2.35. The standard InChI is InChI=1S/C24H31N3O5S/c1-18-6-5-13-26(17-18)33(31,32)21-9-10-22(23(16-21)27(29)30)25-14-11-20(12-15-25)24(28)19-7-3-2-4-8-19/h2-4,7-10,16,18,20,24,28H,5-6,11-15,17H2,1H3.